The third-order valence-electron chi connectivity index (χ3n) is 8.01. The molecule has 0 radical (unpaired) electrons. The first-order valence-electron chi connectivity index (χ1n) is 15.2. The van der Waals surface area contributed by atoms with Gasteiger partial charge in [0.15, 0.2) is 5.58 Å². The Hall–Kier alpha value is -5.67. The van der Waals surface area contributed by atoms with Gasteiger partial charge in [-0.15, -0.1) is 11.8 Å². The van der Waals surface area contributed by atoms with Gasteiger partial charge < -0.3 is 14.8 Å². The molecule has 0 bridgehead atoms. The maximum Gasteiger partial charge on any atom is 0.335 e. The summed E-state index contributed by atoms with van der Waals surface area (Å²) in [6.45, 7) is 2.75. The molecule has 0 atom stereocenters. The molecule has 1 aliphatic rings. The summed E-state index contributed by atoms with van der Waals surface area (Å²) in [6.07, 6.45) is 0.879. The van der Waals surface area contributed by atoms with Crippen LogP contribution in [0.2, 0.25) is 0 Å². The molecule has 0 saturated carbocycles. The van der Waals surface area contributed by atoms with E-state index < -0.39 is 17.8 Å². The SMILES string of the molecule is CCCNc1ccc(N2C(=O)c3ccc(C(=O)O)cc3C2=O)cc1-c1nc2cc(-c3ccccc3SCc3ccccc3)ccc2o1. The van der Waals surface area contributed by atoms with Crippen LogP contribution in [0, 0.1) is 0 Å². The van der Waals surface area contributed by atoms with Gasteiger partial charge in [-0.3, -0.25) is 9.59 Å². The number of carbonyl (C=O) groups excluding carboxylic acids is 2. The number of thioether (sulfide) groups is 1. The molecule has 0 saturated heterocycles. The van der Waals surface area contributed by atoms with Gasteiger partial charge in [-0.25, -0.2) is 14.7 Å². The van der Waals surface area contributed by atoms with E-state index in [0.717, 1.165) is 38.8 Å². The first kappa shape index (κ1) is 30.0. The summed E-state index contributed by atoms with van der Waals surface area (Å²) in [5.41, 5.74) is 6.47. The van der Waals surface area contributed by atoms with Crippen LogP contribution in [0.5, 0.6) is 0 Å². The topological polar surface area (TPSA) is 113 Å². The molecule has 2 heterocycles. The molecule has 0 aliphatic carbocycles. The number of carboxylic acid groups (broad SMARTS) is 1. The fourth-order valence-corrected chi connectivity index (χ4v) is 6.68. The zero-order chi connectivity index (χ0) is 32.5. The molecular formula is C38H29N3O5S. The number of nitrogens with zero attached hydrogens (tertiary/aromatic N) is 2. The molecule has 2 N–H and O–H groups in total. The number of hydrogen-bond acceptors (Lipinski definition) is 7. The smallest absolute Gasteiger partial charge is 0.335 e. The average molecular weight is 640 g/mol. The monoisotopic (exact) mass is 639 g/mol. The minimum Gasteiger partial charge on any atom is -0.478 e. The maximum absolute atomic E-state index is 13.4. The minimum atomic E-state index is -1.17. The molecule has 7 rings (SSSR count). The number of amides is 2. The van der Waals surface area contributed by atoms with Crippen LogP contribution >= 0.6 is 11.8 Å². The van der Waals surface area contributed by atoms with E-state index in [1.807, 2.05) is 48.5 Å². The van der Waals surface area contributed by atoms with Crippen molar-refractivity contribution in [3.63, 3.8) is 0 Å². The van der Waals surface area contributed by atoms with E-state index in [2.05, 4.69) is 36.5 Å². The number of anilines is 2. The third kappa shape index (κ3) is 5.77. The van der Waals surface area contributed by atoms with Crippen LogP contribution in [-0.4, -0.2) is 34.4 Å². The second-order valence-electron chi connectivity index (χ2n) is 11.1. The molecule has 232 valence electrons. The van der Waals surface area contributed by atoms with Gasteiger partial charge in [0.2, 0.25) is 5.89 Å². The van der Waals surface area contributed by atoms with E-state index in [4.69, 9.17) is 9.40 Å². The molecule has 1 aromatic heterocycles. The lowest BCUT2D eigenvalue weighted by molar-refractivity contribution is 0.0696. The Morgan fingerprint density at radius 3 is 2.43 bits per heavy atom. The van der Waals surface area contributed by atoms with Gasteiger partial charge in [0.25, 0.3) is 11.8 Å². The van der Waals surface area contributed by atoms with Crippen molar-refractivity contribution in [3.05, 3.63) is 131 Å². The summed E-state index contributed by atoms with van der Waals surface area (Å²) in [7, 11) is 0. The lowest BCUT2D eigenvalue weighted by Gasteiger charge is -2.17. The lowest BCUT2D eigenvalue weighted by atomic mass is 10.1. The van der Waals surface area contributed by atoms with E-state index in [0.29, 0.717) is 34.8 Å². The van der Waals surface area contributed by atoms with E-state index in [9.17, 15) is 19.5 Å². The van der Waals surface area contributed by atoms with Crippen molar-refractivity contribution in [3.8, 4) is 22.6 Å². The number of fused-ring (bicyclic) bond motifs is 2. The van der Waals surface area contributed by atoms with Gasteiger partial charge in [0.1, 0.15) is 5.52 Å². The van der Waals surface area contributed by atoms with Crippen LogP contribution in [0.25, 0.3) is 33.7 Å². The van der Waals surface area contributed by atoms with Crippen molar-refractivity contribution < 1.29 is 23.9 Å². The molecule has 2 amide bonds. The van der Waals surface area contributed by atoms with Crippen molar-refractivity contribution in [1.82, 2.24) is 4.98 Å². The fourth-order valence-electron chi connectivity index (χ4n) is 5.65. The summed E-state index contributed by atoms with van der Waals surface area (Å²) in [5.74, 6) is -1.08. The van der Waals surface area contributed by atoms with Gasteiger partial charge >= 0.3 is 5.97 Å². The largest absolute Gasteiger partial charge is 0.478 e. The number of carboxylic acids is 1. The zero-order valence-corrected chi connectivity index (χ0v) is 26.2. The fraction of sp³-hybridized carbons (Fsp3) is 0.105. The molecule has 47 heavy (non-hydrogen) atoms. The number of imide groups is 1. The molecule has 8 nitrogen and oxygen atoms in total. The summed E-state index contributed by atoms with van der Waals surface area (Å²) in [4.78, 5) is 45.4. The van der Waals surface area contributed by atoms with Crippen molar-refractivity contribution >= 4 is 52.0 Å². The molecular weight excluding hydrogens is 611 g/mol. The number of carbonyl (C=O) groups is 3. The summed E-state index contributed by atoms with van der Waals surface area (Å²) >= 11 is 1.78. The van der Waals surface area contributed by atoms with Crippen LogP contribution in [0.15, 0.2) is 119 Å². The van der Waals surface area contributed by atoms with Gasteiger partial charge in [-0.05, 0) is 77.7 Å². The Morgan fingerprint density at radius 1 is 0.830 bits per heavy atom. The van der Waals surface area contributed by atoms with Crippen LogP contribution in [-0.2, 0) is 5.75 Å². The number of benzene rings is 5. The van der Waals surface area contributed by atoms with E-state index in [1.54, 1.807) is 30.0 Å². The highest BCUT2D eigenvalue weighted by molar-refractivity contribution is 7.98. The molecule has 0 spiro atoms. The maximum atomic E-state index is 13.4. The lowest BCUT2D eigenvalue weighted by Crippen LogP contribution is -2.29. The normalized spacial score (nSPS) is 12.5. The highest BCUT2D eigenvalue weighted by Gasteiger charge is 2.37. The first-order valence-corrected chi connectivity index (χ1v) is 16.2. The third-order valence-corrected chi connectivity index (χ3v) is 9.16. The predicted octanol–water partition coefficient (Wildman–Crippen LogP) is 8.77. The molecule has 1 aliphatic heterocycles. The molecule has 9 heteroatoms. The van der Waals surface area contributed by atoms with Crippen molar-refractivity contribution in [2.45, 2.75) is 24.0 Å². The number of aromatic nitrogens is 1. The second-order valence-corrected chi connectivity index (χ2v) is 12.2. The van der Waals surface area contributed by atoms with Crippen molar-refractivity contribution in [2.24, 2.45) is 0 Å². The van der Waals surface area contributed by atoms with Gasteiger partial charge in [-0.1, -0.05) is 61.5 Å². The summed E-state index contributed by atoms with van der Waals surface area (Å²) < 4.78 is 6.27. The van der Waals surface area contributed by atoms with Gasteiger partial charge in [-0.2, -0.15) is 0 Å². The number of oxazole rings is 1. The Morgan fingerprint density at radius 2 is 1.62 bits per heavy atom. The summed E-state index contributed by atoms with van der Waals surface area (Å²) in [6, 6.07) is 33.8. The van der Waals surface area contributed by atoms with E-state index >= 15 is 0 Å². The van der Waals surface area contributed by atoms with Gasteiger partial charge in [0, 0.05) is 22.9 Å². The highest BCUT2D eigenvalue weighted by Crippen LogP contribution is 2.39. The molecule has 0 unspecified atom stereocenters. The zero-order valence-electron chi connectivity index (χ0n) is 25.4. The van der Waals surface area contributed by atoms with Crippen LogP contribution in [0.3, 0.4) is 0 Å². The minimum absolute atomic E-state index is 0.0567. The Kier molecular flexibility index (Phi) is 8.05. The van der Waals surface area contributed by atoms with Crippen molar-refractivity contribution in [1.29, 1.82) is 0 Å². The Balaban J connectivity index is 1.24. The summed E-state index contributed by atoms with van der Waals surface area (Å²) in [5, 5.41) is 12.8. The first-order chi connectivity index (χ1) is 22.9. The van der Waals surface area contributed by atoms with Crippen LogP contribution in [0.4, 0.5) is 11.4 Å². The van der Waals surface area contributed by atoms with E-state index in [-0.39, 0.29) is 16.7 Å². The average Bonchev–Trinajstić information content (AvgIpc) is 3.64. The standard InChI is InChI=1S/C38H29N3O5S/c1-2-18-39-31-16-14-26(41-36(42)28-15-12-25(38(44)45)19-29(28)37(41)43)21-30(31)35-40-32-20-24(13-17-33(32)46-35)27-10-6-7-11-34(27)47-22-23-8-4-3-5-9-23/h3-17,19-21,39H,2,18,22H2,1H3,(H,44,45). The second kappa shape index (κ2) is 12.6. The number of hydrogen-bond donors (Lipinski definition) is 2. The number of rotatable bonds is 10. The number of nitrogens with one attached hydrogen (secondary N) is 1. The quantitative estimate of drug-likeness (QED) is 0.113. The highest BCUT2D eigenvalue weighted by atomic mass is 32.2. The molecule has 5 aromatic carbocycles. The Bertz CT molecular complexity index is 2180. The molecule has 0 fully saturated rings. The molecule has 6 aromatic rings. The van der Waals surface area contributed by atoms with E-state index in [1.165, 1.54) is 23.8 Å². The Labute approximate surface area is 275 Å². The number of aromatic carboxylic acids is 1. The van der Waals surface area contributed by atoms with Gasteiger partial charge in [0.05, 0.1) is 27.9 Å². The van der Waals surface area contributed by atoms with Crippen LogP contribution in [0.1, 0.15) is 50.0 Å². The predicted molar refractivity (Wildman–Crippen MR) is 184 cm³/mol. The van der Waals surface area contributed by atoms with Crippen molar-refractivity contribution in [2.75, 3.05) is 16.8 Å². The van der Waals surface area contributed by atoms with Crippen LogP contribution < -0.4 is 10.2 Å².